The summed E-state index contributed by atoms with van der Waals surface area (Å²) in [6.07, 6.45) is 0.163. The molecule has 0 fully saturated rings. The predicted octanol–water partition coefficient (Wildman–Crippen LogP) is 7.85. The number of hydrogen-bond donors (Lipinski definition) is 1. The van der Waals surface area contributed by atoms with Gasteiger partial charge in [0.15, 0.2) is 0 Å². The standard InChI is InChI=1S/C31H23BrClNO4/c32-26-18-24(33)13-14-25(26)30(35)34(27(31(36)37)16-20-7-2-1-3-8-20)19-21-9-6-11-22(15-21)29-17-23-10-4-5-12-28(23)38-29/h1-15,17-18,27H,16,19H2,(H,36,37). The molecule has 190 valence electrons. The van der Waals surface area contributed by atoms with E-state index in [1.54, 1.807) is 18.2 Å². The molecular weight excluding hydrogens is 566 g/mol. The van der Waals surface area contributed by atoms with Crippen molar-refractivity contribution in [3.8, 4) is 11.3 Å². The highest BCUT2D eigenvalue weighted by atomic mass is 79.9. The Hall–Kier alpha value is -3.87. The Bertz CT molecular complexity index is 1580. The fraction of sp³-hybridized carbons (Fsp3) is 0.0968. The molecule has 4 aromatic carbocycles. The van der Waals surface area contributed by atoms with E-state index in [4.69, 9.17) is 16.0 Å². The lowest BCUT2D eigenvalue weighted by atomic mass is 10.0. The van der Waals surface area contributed by atoms with Crippen LogP contribution < -0.4 is 0 Å². The van der Waals surface area contributed by atoms with E-state index in [1.165, 1.54) is 4.90 Å². The first-order valence-corrected chi connectivity index (χ1v) is 13.2. The first-order chi connectivity index (χ1) is 18.4. The van der Waals surface area contributed by atoms with Crippen LogP contribution in [0, 0.1) is 0 Å². The number of carbonyl (C=O) groups is 2. The van der Waals surface area contributed by atoms with Gasteiger partial charge in [-0.1, -0.05) is 78.3 Å². The minimum absolute atomic E-state index is 0.0891. The van der Waals surface area contributed by atoms with E-state index < -0.39 is 17.9 Å². The van der Waals surface area contributed by atoms with Crippen LogP contribution >= 0.6 is 27.5 Å². The number of amides is 1. The Morgan fingerprint density at radius 3 is 2.34 bits per heavy atom. The second-order valence-electron chi connectivity index (χ2n) is 8.95. The van der Waals surface area contributed by atoms with Crippen molar-refractivity contribution in [3.05, 3.63) is 129 Å². The molecule has 1 N–H and O–H groups in total. The molecule has 0 aliphatic heterocycles. The lowest BCUT2D eigenvalue weighted by Crippen LogP contribution is -2.46. The number of carbonyl (C=O) groups excluding carboxylic acids is 1. The van der Waals surface area contributed by atoms with Crippen LogP contribution in [0.3, 0.4) is 0 Å². The molecule has 0 saturated heterocycles. The predicted molar refractivity (Wildman–Crippen MR) is 152 cm³/mol. The number of fused-ring (bicyclic) bond motifs is 1. The lowest BCUT2D eigenvalue weighted by molar-refractivity contribution is -0.142. The Labute approximate surface area is 233 Å². The summed E-state index contributed by atoms with van der Waals surface area (Å²) in [7, 11) is 0. The van der Waals surface area contributed by atoms with E-state index in [0.717, 1.165) is 27.7 Å². The molecule has 1 atom stereocenters. The molecule has 0 bridgehead atoms. The summed E-state index contributed by atoms with van der Waals surface area (Å²) in [6, 6.07) is 30.4. The molecule has 5 rings (SSSR count). The third-order valence-electron chi connectivity index (χ3n) is 6.35. The summed E-state index contributed by atoms with van der Waals surface area (Å²) in [6.45, 7) is 0.0891. The molecule has 0 spiro atoms. The van der Waals surface area contributed by atoms with E-state index >= 15 is 0 Å². The van der Waals surface area contributed by atoms with Crippen LogP contribution in [0.2, 0.25) is 5.02 Å². The Morgan fingerprint density at radius 1 is 0.868 bits per heavy atom. The van der Waals surface area contributed by atoms with E-state index in [1.807, 2.05) is 84.9 Å². The van der Waals surface area contributed by atoms with Crippen LogP contribution in [-0.4, -0.2) is 27.9 Å². The molecule has 0 aliphatic rings. The molecule has 1 unspecified atom stereocenters. The van der Waals surface area contributed by atoms with Crippen molar-refractivity contribution in [2.24, 2.45) is 0 Å². The molecule has 7 heteroatoms. The number of halogens is 2. The van der Waals surface area contributed by atoms with Crippen LogP contribution in [0.15, 0.2) is 112 Å². The first-order valence-electron chi connectivity index (χ1n) is 12.0. The summed E-state index contributed by atoms with van der Waals surface area (Å²) >= 11 is 9.52. The van der Waals surface area contributed by atoms with Gasteiger partial charge in [0, 0.05) is 33.4 Å². The van der Waals surface area contributed by atoms with Crippen LogP contribution in [0.4, 0.5) is 0 Å². The maximum absolute atomic E-state index is 13.9. The summed E-state index contributed by atoms with van der Waals surface area (Å²) in [5, 5.41) is 11.7. The number of benzene rings is 4. The van der Waals surface area contributed by atoms with Crippen LogP contribution in [-0.2, 0) is 17.8 Å². The molecule has 38 heavy (non-hydrogen) atoms. The molecule has 0 saturated carbocycles. The lowest BCUT2D eigenvalue weighted by Gasteiger charge is -2.30. The molecule has 0 aliphatic carbocycles. The van der Waals surface area contributed by atoms with Crippen LogP contribution in [0.5, 0.6) is 0 Å². The van der Waals surface area contributed by atoms with Gasteiger partial charge in [0.2, 0.25) is 0 Å². The van der Waals surface area contributed by atoms with Crippen molar-refractivity contribution in [2.75, 3.05) is 0 Å². The van der Waals surface area contributed by atoms with Gasteiger partial charge < -0.3 is 14.4 Å². The fourth-order valence-corrected chi connectivity index (χ4v) is 5.31. The number of carboxylic acid groups (broad SMARTS) is 1. The third-order valence-corrected chi connectivity index (χ3v) is 7.24. The highest BCUT2D eigenvalue weighted by molar-refractivity contribution is 9.10. The number of furan rings is 1. The number of nitrogens with zero attached hydrogens (tertiary/aromatic N) is 1. The van der Waals surface area contributed by atoms with Crippen LogP contribution in [0.1, 0.15) is 21.5 Å². The molecule has 5 nitrogen and oxygen atoms in total. The maximum Gasteiger partial charge on any atom is 0.326 e. The zero-order valence-electron chi connectivity index (χ0n) is 20.2. The van der Waals surface area contributed by atoms with Gasteiger partial charge in [-0.15, -0.1) is 0 Å². The monoisotopic (exact) mass is 587 g/mol. The number of hydrogen-bond acceptors (Lipinski definition) is 3. The van der Waals surface area contributed by atoms with Gasteiger partial charge in [0.05, 0.1) is 5.56 Å². The van der Waals surface area contributed by atoms with Gasteiger partial charge in [-0.05, 0) is 63.5 Å². The molecular formula is C31H23BrClNO4. The number of aliphatic carboxylic acids is 1. The Morgan fingerprint density at radius 2 is 1.61 bits per heavy atom. The van der Waals surface area contributed by atoms with Crippen molar-refractivity contribution in [1.82, 2.24) is 4.90 Å². The van der Waals surface area contributed by atoms with Gasteiger partial charge in [0.1, 0.15) is 17.4 Å². The summed E-state index contributed by atoms with van der Waals surface area (Å²) in [5.41, 5.74) is 3.56. The van der Waals surface area contributed by atoms with E-state index in [2.05, 4.69) is 15.9 Å². The number of carboxylic acids is 1. The fourth-order valence-electron chi connectivity index (χ4n) is 4.45. The van der Waals surface area contributed by atoms with Crippen molar-refractivity contribution in [2.45, 2.75) is 19.0 Å². The SMILES string of the molecule is O=C(O)C(Cc1ccccc1)N(Cc1cccc(-c2cc3ccccc3o2)c1)C(=O)c1ccc(Cl)cc1Br. The summed E-state index contributed by atoms with van der Waals surface area (Å²) < 4.78 is 6.53. The third kappa shape index (κ3) is 5.67. The normalized spacial score (nSPS) is 11.8. The van der Waals surface area contributed by atoms with Gasteiger partial charge in [-0.3, -0.25) is 4.79 Å². The zero-order chi connectivity index (χ0) is 26.6. The summed E-state index contributed by atoms with van der Waals surface area (Å²) in [4.78, 5) is 27.8. The molecule has 0 radical (unpaired) electrons. The molecule has 5 aromatic rings. The molecule has 1 aromatic heterocycles. The minimum Gasteiger partial charge on any atom is -0.480 e. The van der Waals surface area contributed by atoms with Crippen molar-refractivity contribution >= 4 is 50.4 Å². The average molecular weight is 589 g/mol. The van der Waals surface area contributed by atoms with E-state index in [9.17, 15) is 14.7 Å². The van der Waals surface area contributed by atoms with Gasteiger partial charge >= 0.3 is 5.97 Å². The zero-order valence-corrected chi connectivity index (χ0v) is 22.5. The Balaban J connectivity index is 1.53. The molecule has 1 amide bonds. The highest BCUT2D eigenvalue weighted by Gasteiger charge is 2.32. The smallest absolute Gasteiger partial charge is 0.326 e. The quantitative estimate of drug-likeness (QED) is 0.200. The maximum atomic E-state index is 13.9. The highest BCUT2D eigenvalue weighted by Crippen LogP contribution is 2.30. The second kappa shape index (κ2) is 11.3. The number of para-hydroxylation sites is 1. The Kier molecular flexibility index (Phi) is 7.63. The van der Waals surface area contributed by atoms with Crippen molar-refractivity contribution in [1.29, 1.82) is 0 Å². The van der Waals surface area contributed by atoms with Gasteiger partial charge in [0.25, 0.3) is 5.91 Å². The molecule has 1 heterocycles. The van der Waals surface area contributed by atoms with Gasteiger partial charge in [-0.2, -0.15) is 0 Å². The van der Waals surface area contributed by atoms with E-state index in [-0.39, 0.29) is 13.0 Å². The largest absolute Gasteiger partial charge is 0.480 e. The van der Waals surface area contributed by atoms with Crippen LogP contribution in [0.25, 0.3) is 22.3 Å². The minimum atomic E-state index is -1.10. The topological polar surface area (TPSA) is 70.8 Å². The average Bonchev–Trinajstić information content (AvgIpc) is 3.35. The number of rotatable bonds is 8. The summed E-state index contributed by atoms with van der Waals surface area (Å²) in [5.74, 6) is -0.794. The van der Waals surface area contributed by atoms with Crippen molar-refractivity contribution in [3.63, 3.8) is 0 Å². The van der Waals surface area contributed by atoms with Crippen molar-refractivity contribution < 1.29 is 19.1 Å². The van der Waals surface area contributed by atoms with Gasteiger partial charge in [-0.25, -0.2) is 4.79 Å². The first kappa shape index (κ1) is 25.8. The second-order valence-corrected chi connectivity index (χ2v) is 10.2. The van der Waals surface area contributed by atoms with E-state index in [0.29, 0.717) is 20.8 Å².